The predicted octanol–water partition coefficient (Wildman–Crippen LogP) is -0.701. The first kappa shape index (κ1) is 19.8. The van der Waals surface area contributed by atoms with E-state index in [1.54, 1.807) is 32.0 Å². The molecular formula is C16H24N8O. The molecule has 0 bridgehead atoms. The van der Waals surface area contributed by atoms with E-state index in [1.807, 2.05) is 0 Å². The highest BCUT2D eigenvalue weighted by Crippen LogP contribution is 2.22. The van der Waals surface area contributed by atoms with Gasteiger partial charge in [0.1, 0.15) is 11.5 Å². The SMILES string of the molecule is CC(C)(C#N)c1cccc(NC(/C=C(\N)NCCN)=C(/N)C(N)=O)n1. The molecule has 9 nitrogen and oxygen atoms in total. The molecule has 0 spiro atoms. The molecule has 1 heterocycles. The number of aromatic nitrogens is 1. The molecular weight excluding hydrogens is 320 g/mol. The van der Waals surface area contributed by atoms with Crippen LogP contribution in [-0.4, -0.2) is 24.0 Å². The van der Waals surface area contributed by atoms with Crippen LogP contribution in [0.1, 0.15) is 19.5 Å². The summed E-state index contributed by atoms with van der Waals surface area (Å²) in [4.78, 5) is 15.8. The number of anilines is 1. The molecule has 0 fully saturated rings. The van der Waals surface area contributed by atoms with Crippen LogP contribution in [-0.2, 0) is 10.2 Å². The van der Waals surface area contributed by atoms with Crippen molar-refractivity contribution >= 4 is 11.7 Å². The van der Waals surface area contributed by atoms with Gasteiger partial charge in [0.15, 0.2) is 0 Å². The lowest BCUT2D eigenvalue weighted by Crippen LogP contribution is -2.28. The van der Waals surface area contributed by atoms with Crippen LogP contribution >= 0.6 is 0 Å². The monoisotopic (exact) mass is 344 g/mol. The molecule has 1 rings (SSSR count). The fraction of sp³-hybridized carbons (Fsp3) is 0.312. The molecule has 0 aliphatic heterocycles. The van der Waals surface area contributed by atoms with Gasteiger partial charge in [0, 0.05) is 19.2 Å². The quantitative estimate of drug-likeness (QED) is 0.264. The van der Waals surface area contributed by atoms with Crippen LogP contribution in [0.25, 0.3) is 0 Å². The number of nitriles is 1. The van der Waals surface area contributed by atoms with Gasteiger partial charge in [-0.05, 0) is 26.0 Å². The van der Waals surface area contributed by atoms with Gasteiger partial charge in [-0.25, -0.2) is 4.98 Å². The van der Waals surface area contributed by atoms with E-state index < -0.39 is 11.3 Å². The second-order valence-corrected chi connectivity index (χ2v) is 5.78. The number of amides is 1. The Balaban J connectivity index is 3.20. The Kier molecular flexibility index (Phi) is 6.78. The van der Waals surface area contributed by atoms with Crippen molar-refractivity contribution in [1.29, 1.82) is 5.26 Å². The molecule has 0 unspecified atom stereocenters. The van der Waals surface area contributed by atoms with Crippen molar-refractivity contribution in [3.63, 3.8) is 0 Å². The highest BCUT2D eigenvalue weighted by atomic mass is 16.1. The van der Waals surface area contributed by atoms with Crippen LogP contribution in [0.2, 0.25) is 0 Å². The average molecular weight is 344 g/mol. The maximum absolute atomic E-state index is 11.4. The van der Waals surface area contributed by atoms with Gasteiger partial charge in [-0.1, -0.05) is 6.07 Å². The summed E-state index contributed by atoms with van der Waals surface area (Å²) in [5.41, 5.74) is 22.0. The van der Waals surface area contributed by atoms with Crippen molar-refractivity contribution in [2.75, 3.05) is 18.4 Å². The molecule has 0 saturated heterocycles. The minimum absolute atomic E-state index is 0.189. The Morgan fingerprint density at radius 1 is 1.36 bits per heavy atom. The van der Waals surface area contributed by atoms with Crippen LogP contribution in [0, 0.1) is 11.3 Å². The van der Waals surface area contributed by atoms with Crippen LogP contribution in [0.5, 0.6) is 0 Å². The number of pyridine rings is 1. The second kappa shape index (κ2) is 8.56. The Morgan fingerprint density at radius 2 is 2.04 bits per heavy atom. The molecule has 1 aromatic rings. The van der Waals surface area contributed by atoms with Gasteiger partial charge >= 0.3 is 0 Å². The standard InChI is InChI=1S/C16H24N8O/c1-16(2,9-18)11-4-3-5-13(24-11)23-10(14(20)15(21)25)8-12(19)22-7-6-17/h3-5,8,22H,6-7,17,19-20H2,1-2H3,(H2,21,25)(H,23,24)/b12-8+,14-10+. The van der Waals surface area contributed by atoms with Crippen molar-refractivity contribution in [3.05, 3.63) is 47.2 Å². The zero-order valence-electron chi connectivity index (χ0n) is 14.3. The molecule has 0 atom stereocenters. The number of hydrogen-bond acceptors (Lipinski definition) is 8. The summed E-state index contributed by atoms with van der Waals surface area (Å²) < 4.78 is 0. The maximum Gasteiger partial charge on any atom is 0.266 e. The number of carbonyl (C=O) groups excluding carboxylic acids is 1. The van der Waals surface area contributed by atoms with Crippen molar-refractivity contribution < 1.29 is 4.79 Å². The normalized spacial score (nSPS) is 12.8. The summed E-state index contributed by atoms with van der Waals surface area (Å²) in [6.07, 6.45) is 1.43. The minimum Gasteiger partial charge on any atom is -0.393 e. The van der Waals surface area contributed by atoms with Gasteiger partial charge in [-0.15, -0.1) is 0 Å². The number of nitrogens with one attached hydrogen (secondary N) is 2. The Labute approximate surface area is 146 Å². The lowest BCUT2D eigenvalue weighted by Gasteiger charge is -2.17. The predicted molar refractivity (Wildman–Crippen MR) is 96.2 cm³/mol. The van der Waals surface area contributed by atoms with E-state index in [0.717, 1.165) is 0 Å². The van der Waals surface area contributed by atoms with Crippen molar-refractivity contribution in [3.8, 4) is 6.07 Å². The second-order valence-electron chi connectivity index (χ2n) is 5.78. The summed E-state index contributed by atoms with van der Waals surface area (Å²) in [5.74, 6) is -0.160. The number of nitrogens with zero attached hydrogens (tertiary/aromatic N) is 2. The topological polar surface area (TPSA) is 182 Å². The van der Waals surface area contributed by atoms with Crippen molar-refractivity contribution in [2.45, 2.75) is 19.3 Å². The van der Waals surface area contributed by atoms with E-state index in [4.69, 9.17) is 22.9 Å². The smallest absolute Gasteiger partial charge is 0.266 e. The number of allylic oxidation sites excluding steroid dienone is 1. The van der Waals surface area contributed by atoms with Gasteiger partial charge in [-0.3, -0.25) is 4.79 Å². The van der Waals surface area contributed by atoms with Gasteiger partial charge in [0.05, 0.1) is 28.7 Å². The highest BCUT2D eigenvalue weighted by Gasteiger charge is 2.21. The molecule has 0 saturated carbocycles. The molecule has 0 aromatic carbocycles. The number of nitrogens with two attached hydrogens (primary N) is 4. The maximum atomic E-state index is 11.4. The lowest BCUT2D eigenvalue weighted by molar-refractivity contribution is -0.114. The fourth-order valence-electron chi connectivity index (χ4n) is 1.78. The van der Waals surface area contributed by atoms with Gasteiger partial charge < -0.3 is 33.6 Å². The van der Waals surface area contributed by atoms with Gasteiger partial charge in [0.25, 0.3) is 5.91 Å². The zero-order chi connectivity index (χ0) is 19.0. The lowest BCUT2D eigenvalue weighted by atomic mass is 9.91. The summed E-state index contributed by atoms with van der Waals surface area (Å²) in [6.45, 7) is 4.35. The van der Waals surface area contributed by atoms with E-state index in [2.05, 4.69) is 21.7 Å². The number of hydrogen-bond donors (Lipinski definition) is 6. The van der Waals surface area contributed by atoms with Crippen molar-refractivity contribution in [1.82, 2.24) is 10.3 Å². The molecule has 0 aliphatic rings. The Morgan fingerprint density at radius 3 is 2.60 bits per heavy atom. The summed E-state index contributed by atoms with van der Waals surface area (Å²) in [6, 6.07) is 7.32. The first-order valence-electron chi connectivity index (χ1n) is 7.57. The third-order valence-electron chi connectivity index (χ3n) is 3.26. The number of rotatable bonds is 8. The van der Waals surface area contributed by atoms with Crippen LogP contribution in [0.15, 0.2) is 41.5 Å². The van der Waals surface area contributed by atoms with Gasteiger partial charge in [0.2, 0.25) is 0 Å². The van der Waals surface area contributed by atoms with Crippen LogP contribution in [0.4, 0.5) is 5.82 Å². The van der Waals surface area contributed by atoms with E-state index in [1.165, 1.54) is 6.08 Å². The summed E-state index contributed by atoms with van der Waals surface area (Å²) >= 11 is 0. The number of primary amides is 1. The molecule has 9 heteroatoms. The van der Waals surface area contributed by atoms with Crippen LogP contribution < -0.4 is 33.6 Å². The van der Waals surface area contributed by atoms with E-state index in [-0.39, 0.29) is 17.2 Å². The fourth-order valence-corrected chi connectivity index (χ4v) is 1.78. The Hall–Kier alpha value is -3.25. The minimum atomic E-state index is -0.807. The zero-order valence-corrected chi connectivity index (χ0v) is 14.3. The van der Waals surface area contributed by atoms with E-state index >= 15 is 0 Å². The first-order valence-corrected chi connectivity index (χ1v) is 7.57. The summed E-state index contributed by atoms with van der Waals surface area (Å²) in [7, 11) is 0. The first-order chi connectivity index (χ1) is 11.7. The molecule has 10 N–H and O–H groups in total. The highest BCUT2D eigenvalue weighted by molar-refractivity contribution is 5.92. The van der Waals surface area contributed by atoms with Gasteiger partial charge in [-0.2, -0.15) is 5.26 Å². The average Bonchev–Trinajstić information content (AvgIpc) is 2.58. The van der Waals surface area contributed by atoms with Crippen molar-refractivity contribution in [2.24, 2.45) is 22.9 Å². The van der Waals surface area contributed by atoms with E-state index in [0.29, 0.717) is 24.6 Å². The Bertz CT molecular complexity index is 730. The molecule has 25 heavy (non-hydrogen) atoms. The van der Waals surface area contributed by atoms with E-state index in [9.17, 15) is 10.1 Å². The number of carbonyl (C=O) groups is 1. The molecule has 0 radical (unpaired) electrons. The third-order valence-corrected chi connectivity index (χ3v) is 3.26. The third kappa shape index (κ3) is 5.71. The summed E-state index contributed by atoms with van der Waals surface area (Å²) in [5, 5.41) is 15.0. The van der Waals surface area contributed by atoms with Crippen LogP contribution in [0.3, 0.4) is 0 Å². The molecule has 134 valence electrons. The molecule has 0 aliphatic carbocycles. The molecule has 1 aromatic heterocycles. The molecule has 1 amide bonds. The largest absolute Gasteiger partial charge is 0.393 e.